The fourth-order valence-corrected chi connectivity index (χ4v) is 3.65. The quantitative estimate of drug-likeness (QED) is 0.375. The minimum Gasteiger partial charge on any atom is -0.466 e. The van der Waals surface area contributed by atoms with Gasteiger partial charge in [-0.05, 0) is 26.0 Å². The lowest BCUT2D eigenvalue weighted by molar-refractivity contribution is -0.156. The molecule has 0 radical (unpaired) electrons. The summed E-state index contributed by atoms with van der Waals surface area (Å²) in [7, 11) is 0. The van der Waals surface area contributed by atoms with Gasteiger partial charge >= 0.3 is 11.9 Å². The van der Waals surface area contributed by atoms with Crippen LogP contribution >= 0.6 is 0 Å². The number of fused-ring (bicyclic) bond motifs is 2. The number of hydrogen-bond donors (Lipinski definition) is 2. The van der Waals surface area contributed by atoms with Gasteiger partial charge in [-0.25, -0.2) is 4.98 Å². The summed E-state index contributed by atoms with van der Waals surface area (Å²) in [4.78, 5) is 55.0. The van der Waals surface area contributed by atoms with Crippen molar-refractivity contribution in [1.29, 1.82) is 0 Å². The first-order valence-corrected chi connectivity index (χ1v) is 10.6. The van der Waals surface area contributed by atoms with Crippen molar-refractivity contribution in [2.75, 3.05) is 13.2 Å². The monoisotopic (exact) mass is 451 g/mol. The van der Waals surface area contributed by atoms with E-state index in [0.29, 0.717) is 21.8 Å². The first-order chi connectivity index (χ1) is 15.9. The molecule has 0 aliphatic rings. The lowest BCUT2D eigenvalue weighted by Crippen LogP contribution is -2.52. The average Bonchev–Trinajstić information content (AvgIpc) is 2.79. The maximum atomic E-state index is 13.5. The second kappa shape index (κ2) is 10.5. The van der Waals surface area contributed by atoms with Crippen LogP contribution in [0.3, 0.4) is 0 Å². The third-order valence-electron chi connectivity index (χ3n) is 5.09. The standard InChI is InChI=1S/C24H25N3O6/c1-3-32-19(28)13-16(24(31)33-4-2)21(22(25)29)27-23(30)20-14-9-5-7-11-17(14)26-18-12-8-6-10-15(18)20/h5-12,16,21H,3-4,13H2,1-2H3,(H2,25,29)(H,27,30)/t16-,21-/m0/s1. The highest BCUT2D eigenvalue weighted by Crippen LogP contribution is 2.26. The molecule has 1 aromatic heterocycles. The molecule has 3 aromatic rings. The molecule has 3 rings (SSSR count). The molecule has 0 unspecified atom stereocenters. The second-order valence-electron chi connectivity index (χ2n) is 7.24. The number of carbonyl (C=O) groups excluding carboxylic acids is 4. The number of para-hydroxylation sites is 2. The number of primary amides is 1. The summed E-state index contributed by atoms with van der Waals surface area (Å²) in [6.07, 6.45) is -0.474. The van der Waals surface area contributed by atoms with Gasteiger partial charge in [-0.2, -0.15) is 0 Å². The highest BCUT2D eigenvalue weighted by atomic mass is 16.5. The third kappa shape index (κ3) is 5.25. The van der Waals surface area contributed by atoms with E-state index in [1.54, 1.807) is 62.4 Å². The second-order valence-corrected chi connectivity index (χ2v) is 7.24. The Labute approximate surface area is 190 Å². The number of amides is 2. The van der Waals surface area contributed by atoms with Crippen LogP contribution in [-0.4, -0.2) is 48.0 Å². The number of nitrogens with two attached hydrogens (primary N) is 1. The van der Waals surface area contributed by atoms with Gasteiger partial charge in [0.1, 0.15) is 6.04 Å². The molecule has 0 saturated heterocycles. The third-order valence-corrected chi connectivity index (χ3v) is 5.09. The van der Waals surface area contributed by atoms with Crippen LogP contribution in [0.5, 0.6) is 0 Å². The Morgan fingerprint density at radius 2 is 1.45 bits per heavy atom. The van der Waals surface area contributed by atoms with E-state index in [4.69, 9.17) is 15.2 Å². The summed E-state index contributed by atoms with van der Waals surface area (Å²) in [6, 6.07) is 12.7. The van der Waals surface area contributed by atoms with Crippen molar-refractivity contribution in [2.45, 2.75) is 26.3 Å². The van der Waals surface area contributed by atoms with Crippen molar-refractivity contribution in [3.63, 3.8) is 0 Å². The van der Waals surface area contributed by atoms with Crippen molar-refractivity contribution in [1.82, 2.24) is 10.3 Å². The van der Waals surface area contributed by atoms with Crippen molar-refractivity contribution in [3.8, 4) is 0 Å². The van der Waals surface area contributed by atoms with Crippen LogP contribution in [0.25, 0.3) is 21.8 Å². The Kier molecular flexibility index (Phi) is 7.55. The van der Waals surface area contributed by atoms with Gasteiger partial charge in [-0.15, -0.1) is 0 Å². The Balaban J connectivity index is 2.04. The number of nitrogens with zero attached hydrogens (tertiary/aromatic N) is 1. The Morgan fingerprint density at radius 3 is 1.97 bits per heavy atom. The summed E-state index contributed by atoms with van der Waals surface area (Å²) in [5, 5.41) is 3.68. The molecule has 33 heavy (non-hydrogen) atoms. The van der Waals surface area contributed by atoms with Crippen molar-refractivity contribution in [2.24, 2.45) is 11.7 Å². The summed E-state index contributed by atoms with van der Waals surface area (Å²) in [5.74, 6) is -4.50. The SMILES string of the molecule is CCOC(=O)C[C@H](C(=O)OCC)[C@H](NC(=O)c1c2ccccc2nc2ccccc12)C(N)=O. The molecule has 1 heterocycles. The van der Waals surface area contributed by atoms with Gasteiger partial charge in [0.25, 0.3) is 5.91 Å². The summed E-state index contributed by atoms with van der Waals surface area (Å²) in [6.45, 7) is 3.32. The van der Waals surface area contributed by atoms with E-state index in [-0.39, 0.29) is 18.8 Å². The molecule has 2 aromatic carbocycles. The molecule has 3 N–H and O–H groups in total. The molecule has 2 atom stereocenters. The van der Waals surface area contributed by atoms with Crippen LogP contribution in [0.4, 0.5) is 0 Å². The molecule has 0 bridgehead atoms. The molecule has 2 amide bonds. The Morgan fingerprint density at radius 1 is 0.909 bits per heavy atom. The van der Waals surface area contributed by atoms with Crippen molar-refractivity contribution >= 4 is 45.6 Å². The number of pyridine rings is 1. The molecule has 0 fully saturated rings. The molecular weight excluding hydrogens is 426 g/mol. The molecule has 0 saturated carbocycles. The summed E-state index contributed by atoms with van der Waals surface area (Å²) < 4.78 is 9.94. The van der Waals surface area contributed by atoms with Crippen LogP contribution < -0.4 is 11.1 Å². The lowest BCUT2D eigenvalue weighted by Gasteiger charge is -2.24. The van der Waals surface area contributed by atoms with Gasteiger partial charge < -0.3 is 20.5 Å². The number of rotatable bonds is 9. The minimum absolute atomic E-state index is 0.0250. The molecule has 0 aliphatic heterocycles. The molecule has 9 nitrogen and oxygen atoms in total. The Hall–Kier alpha value is -4.01. The topological polar surface area (TPSA) is 138 Å². The van der Waals surface area contributed by atoms with Crippen molar-refractivity contribution in [3.05, 3.63) is 54.1 Å². The number of esters is 2. The lowest BCUT2D eigenvalue weighted by atomic mass is 9.94. The molecule has 0 spiro atoms. The fraction of sp³-hybridized carbons (Fsp3) is 0.292. The first-order valence-electron chi connectivity index (χ1n) is 10.6. The summed E-state index contributed by atoms with van der Waals surface area (Å²) in [5.41, 5.74) is 7.00. The number of aromatic nitrogens is 1. The van der Waals surface area contributed by atoms with Gasteiger partial charge in [0.15, 0.2) is 0 Å². The van der Waals surface area contributed by atoms with Gasteiger partial charge in [0.05, 0.1) is 42.1 Å². The zero-order valence-corrected chi connectivity index (χ0v) is 18.4. The van der Waals surface area contributed by atoms with Crippen molar-refractivity contribution < 1.29 is 28.7 Å². The highest BCUT2D eigenvalue weighted by Gasteiger charge is 2.37. The number of hydrogen-bond acceptors (Lipinski definition) is 7. The van der Waals surface area contributed by atoms with E-state index in [9.17, 15) is 19.2 Å². The van der Waals surface area contributed by atoms with Gasteiger partial charge in [0, 0.05) is 10.8 Å². The van der Waals surface area contributed by atoms with E-state index in [2.05, 4.69) is 10.3 Å². The predicted octanol–water partition coefficient (Wildman–Crippen LogP) is 2.10. The van der Waals surface area contributed by atoms with E-state index in [1.807, 2.05) is 0 Å². The van der Waals surface area contributed by atoms with Gasteiger partial charge in [0.2, 0.25) is 5.91 Å². The predicted molar refractivity (Wildman–Crippen MR) is 121 cm³/mol. The van der Waals surface area contributed by atoms with Crippen LogP contribution in [0.2, 0.25) is 0 Å². The average molecular weight is 451 g/mol. The largest absolute Gasteiger partial charge is 0.466 e. The minimum atomic E-state index is -1.49. The molecule has 0 aliphatic carbocycles. The summed E-state index contributed by atoms with van der Waals surface area (Å²) >= 11 is 0. The maximum absolute atomic E-state index is 13.5. The first kappa shape index (κ1) is 23.6. The number of ether oxygens (including phenoxy) is 2. The van der Waals surface area contributed by atoms with E-state index in [0.717, 1.165) is 0 Å². The van der Waals surface area contributed by atoms with Crippen LogP contribution in [-0.2, 0) is 23.9 Å². The number of nitrogens with one attached hydrogen (secondary N) is 1. The number of benzene rings is 2. The fourth-order valence-electron chi connectivity index (χ4n) is 3.65. The smallest absolute Gasteiger partial charge is 0.312 e. The maximum Gasteiger partial charge on any atom is 0.312 e. The van der Waals surface area contributed by atoms with E-state index < -0.39 is 42.1 Å². The number of carbonyl (C=O) groups is 4. The van der Waals surface area contributed by atoms with E-state index >= 15 is 0 Å². The van der Waals surface area contributed by atoms with Crippen LogP contribution in [0.1, 0.15) is 30.6 Å². The molecule has 172 valence electrons. The highest BCUT2D eigenvalue weighted by molar-refractivity contribution is 6.17. The molecule has 9 heteroatoms. The zero-order chi connectivity index (χ0) is 24.0. The van der Waals surface area contributed by atoms with Gasteiger partial charge in [-0.1, -0.05) is 36.4 Å². The molecular formula is C24H25N3O6. The van der Waals surface area contributed by atoms with Gasteiger partial charge in [-0.3, -0.25) is 19.2 Å². The van der Waals surface area contributed by atoms with Crippen LogP contribution in [0.15, 0.2) is 48.5 Å². The van der Waals surface area contributed by atoms with Crippen LogP contribution in [0, 0.1) is 5.92 Å². The normalized spacial score (nSPS) is 12.7. The Bertz CT molecular complexity index is 1160. The van der Waals surface area contributed by atoms with E-state index in [1.165, 1.54) is 0 Å². The zero-order valence-electron chi connectivity index (χ0n) is 18.4.